The van der Waals surface area contributed by atoms with Crippen LogP contribution in [0.4, 0.5) is 5.82 Å². The number of aliphatic carboxylic acids is 1. The highest BCUT2D eigenvalue weighted by Crippen LogP contribution is 2.56. The average molecular weight is 498 g/mol. The van der Waals surface area contributed by atoms with E-state index >= 15 is 0 Å². The molecular formula is C27H35N3O4S. The molecular weight excluding hydrogens is 462 g/mol. The zero-order chi connectivity index (χ0) is 24.1. The van der Waals surface area contributed by atoms with Gasteiger partial charge < -0.3 is 20.4 Å². The number of piperidine rings is 1. The predicted octanol–water partition coefficient (Wildman–Crippen LogP) is 3.46. The number of thiol groups is 1. The van der Waals surface area contributed by atoms with Crippen LogP contribution in [0.5, 0.6) is 0 Å². The average Bonchev–Trinajstić information content (AvgIpc) is 3.16. The number of fused-ring (bicyclic) bond motifs is 1. The molecule has 7 nitrogen and oxygen atoms in total. The summed E-state index contributed by atoms with van der Waals surface area (Å²) < 4.78 is 0. The minimum Gasteiger partial charge on any atom is -0.481 e. The molecule has 0 radical (unpaired) electrons. The summed E-state index contributed by atoms with van der Waals surface area (Å²) in [6, 6.07) is 2.05. The van der Waals surface area contributed by atoms with E-state index in [0.29, 0.717) is 41.3 Å². The van der Waals surface area contributed by atoms with Crippen LogP contribution < -0.4 is 10.2 Å². The van der Waals surface area contributed by atoms with Crippen molar-refractivity contribution in [1.29, 1.82) is 0 Å². The zero-order valence-electron chi connectivity index (χ0n) is 20.0. The predicted molar refractivity (Wildman–Crippen MR) is 133 cm³/mol. The van der Waals surface area contributed by atoms with Crippen LogP contribution in [0.25, 0.3) is 0 Å². The number of hydrogen-bond acceptors (Lipinski definition) is 6. The lowest BCUT2D eigenvalue weighted by molar-refractivity contribution is -0.139. The molecule has 1 saturated heterocycles. The summed E-state index contributed by atoms with van der Waals surface area (Å²) in [5.74, 6) is 1.89. The van der Waals surface area contributed by atoms with E-state index in [1.54, 1.807) is 0 Å². The molecule has 8 heteroatoms. The summed E-state index contributed by atoms with van der Waals surface area (Å²) in [6.07, 6.45) is 9.20. The number of anilines is 1. The van der Waals surface area contributed by atoms with E-state index in [9.17, 15) is 19.8 Å². The maximum Gasteiger partial charge on any atom is 0.307 e. The van der Waals surface area contributed by atoms with Gasteiger partial charge >= 0.3 is 5.97 Å². The Kier molecular flexibility index (Phi) is 5.02. The molecule has 4 bridgehead atoms. The number of amides is 1. The van der Waals surface area contributed by atoms with Gasteiger partial charge in [0.05, 0.1) is 22.8 Å². The number of nitrogens with one attached hydrogen (secondary N) is 1. The van der Waals surface area contributed by atoms with Crippen LogP contribution in [0.1, 0.15) is 79.8 Å². The largest absolute Gasteiger partial charge is 0.481 e. The maximum atomic E-state index is 13.7. The lowest BCUT2D eigenvalue weighted by Crippen LogP contribution is -2.61. The molecule has 188 valence electrons. The molecule has 2 heterocycles. The van der Waals surface area contributed by atoms with Gasteiger partial charge in [0.1, 0.15) is 5.82 Å². The van der Waals surface area contributed by atoms with E-state index in [1.165, 1.54) is 0 Å². The number of pyridine rings is 1. The molecule has 3 unspecified atom stereocenters. The molecule has 5 atom stereocenters. The first-order valence-corrected chi connectivity index (χ1v) is 14.0. The smallest absolute Gasteiger partial charge is 0.307 e. The number of carbonyl (C=O) groups excluding carboxylic acids is 1. The van der Waals surface area contributed by atoms with Crippen molar-refractivity contribution in [3.8, 4) is 0 Å². The van der Waals surface area contributed by atoms with Crippen molar-refractivity contribution in [3.63, 3.8) is 0 Å². The second kappa shape index (κ2) is 7.85. The van der Waals surface area contributed by atoms with Crippen LogP contribution >= 0.6 is 12.6 Å². The molecule has 7 fully saturated rings. The van der Waals surface area contributed by atoms with E-state index < -0.39 is 11.6 Å². The third-order valence-electron chi connectivity index (χ3n) is 10.3. The number of carbonyl (C=O) groups is 2. The fourth-order valence-corrected chi connectivity index (χ4v) is 9.26. The Bertz CT molecular complexity index is 1060. The fraction of sp³-hybridized carbons (Fsp3) is 0.741. The normalized spacial score (nSPS) is 41.3. The minimum atomic E-state index is -0.686. The third kappa shape index (κ3) is 3.61. The third-order valence-corrected chi connectivity index (χ3v) is 10.6. The molecule has 7 aliphatic rings. The molecule has 8 rings (SSSR count). The summed E-state index contributed by atoms with van der Waals surface area (Å²) in [7, 11) is 0. The van der Waals surface area contributed by atoms with Gasteiger partial charge in [-0.25, -0.2) is 4.98 Å². The zero-order valence-corrected chi connectivity index (χ0v) is 20.9. The van der Waals surface area contributed by atoms with Gasteiger partial charge in [-0.2, -0.15) is 0 Å². The number of carboxylic acids is 1. The molecule has 35 heavy (non-hydrogen) atoms. The molecule has 6 saturated carbocycles. The summed E-state index contributed by atoms with van der Waals surface area (Å²) in [4.78, 5) is 33.1. The Morgan fingerprint density at radius 2 is 1.74 bits per heavy atom. The van der Waals surface area contributed by atoms with Crippen molar-refractivity contribution >= 4 is 30.3 Å². The minimum absolute atomic E-state index is 0.0408. The lowest BCUT2D eigenvalue weighted by atomic mass is 9.52. The maximum absolute atomic E-state index is 13.7. The highest BCUT2D eigenvalue weighted by atomic mass is 32.1. The SMILES string of the molecule is O=C(NC1C2CC3CC1CC(O)(C3)C2)c1cc(S)c(N2C[C@@H]3C(C(=O)O)[C@@H]3C2)nc1C1CCCC1. The first-order valence-electron chi connectivity index (χ1n) is 13.5. The Morgan fingerprint density at radius 1 is 1.09 bits per heavy atom. The van der Waals surface area contributed by atoms with Gasteiger partial charge in [-0.3, -0.25) is 9.59 Å². The van der Waals surface area contributed by atoms with E-state index in [2.05, 4.69) is 10.2 Å². The summed E-state index contributed by atoms with van der Waals surface area (Å²) >= 11 is 4.76. The topological polar surface area (TPSA) is 103 Å². The van der Waals surface area contributed by atoms with Crippen molar-refractivity contribution < 1.29 is 19.8 Å². The number of aromatic nitrogens is 1. The van der Waals surface area contributed by atoms with Crippen molar-refractivity contribution in [1.82, 2.24) is 10.3 Å². The second-order valence-corrected chi connectivity index (χ2v) is 13.0. The standard InChI is InChI=1S/C27H35N3O4S/c31-25(29-22-15-5-13-6-16(22)10-27(34,8-13)9-15)17-7-20(35)24(28-23(17)14-3-1-2-4-14)30-11-18-19(12-30)21(18)26(32)33/h7,13-16,18-19,21-22,34-35H,1-6,8-12H2,(H,29,31)(H,32,33)/t13?,15?,16?,18-,19+,21?,22?,27?. The number of rotatable bonds is 5. The highest BCUT2D eigenvalue weighted by molar-refractivity contribution is 7.80. The molecule has 1 aromatic heterocycles. The summed E-state index contributed by atoms with van der Waals surface area (Å²) in [5, 5.41) is 23.7. The highest BCUT2D eigenvalue weighted by Gasteiger charge is 2.60. The molecule has 0 aromatic carbocycles. The first kappa shape index (κ1) is 22.4. The molecule has 1 aliphatic heterocycles. The van der Waals surface area contributed by atoms with Gasteiger partial charge in [-0.1, -0.05) is 12.8 Å². The van der Waals surface area contributed by atoms with Gasteiger partial charge in [0.25, 0.3) is 5.91 Å². The number of nitrogens with zero attached hydrogens (tertiary/aromatic N) is 2. The number of carboxylic acid groups (broad SMARTS) is 1. The van der Waals surface area contributed by atoms with Crippen LogP contribution in [0.3, 0.4) is 0 Å². The quantitative estimate of drug-likeness (QED) is 0.465. The van der Waals surface area contributed by atoms with E-state index in [0.717, 1.165) is 69.3 Å². The van der Waals surface area contributed by atoms with Crippen LogP contribution in [0.15, 0.2) is 11.0 Å². The second-order valence-electron chi connectivity index (χ2n) is 12.5. The first-order chi connectivity index (χ1) is 16.8. The monoisotopic (exact) mass is 497 g/mol. The van der Waals surface area contributed by atoms with Crippen LogP contribution in [0.2, 0.25) is 0 Å². The van der Waals surface area contributed by atoms with Gasteiger partial charge in [0.15, 0.2) is 0 Å². The number of aliphatic hydroxyl groups is 1. The molecule has 1 amide bonds. The van der Waals surface area contributed by atoms with E-state index in [-0.39, 0.29) is 35.6 Å². The van der Waals surface area contributed by atoms with Gasteiger partial charge in [-0.05, 0) is 80.6 Å². The number of hydrogen-bond donors (Lipinski definition) is 4. The lowest BCUT2D eigenvalue weighted by Gasteiger charge is -2.58. The summed E-state index contributed by atoms with van der Waals surface area (Å²) in [6.45, 7) is 1.40. The van der Waals surface area contributed by atoms with Crippen LogP contribution in [0, 0.1) is 35.5 Å². The van der Waals surface area contributed by atoms with Crippen molar-refractivity contribution in [2.45, 2.75) is 80.2 Å². The van der Waals surface area contributed by atoms with Crippen LogP contribution in [-0.2, 0) is 4.79 Å². The van der Waals surface area contributed by atoms with Crippen molar-refractivity contribution in [3.05, 3.63) is 17.3 Å². The van der Waals surface area contributed by atoms with E-state index in [1.807, 2.05) is 6.07 Å². The van der Waals surface area contributed by atoms with Gasteiger partial charge in [0.2, 0.25) is 0 Å². The Labute approximate surface area is 211 Å². The molecule has 6 aliphatic carbocycles. The molecule has 0 spiro atoms. The Balaban J connectivity index is 1.15. The Hall–Kier alpha value is -1.80. The molecule has 3 N–H and O–H groups in total. The molecule has 1 aromatic rings. The van der Waals surface area contributed by atoms with Gasteiger partial charge in [0, 0.05) is 29.9 Å². The summed E-state index contributed by atoms with van der Waals surface area (Å²) in [5.41, 5.74) is 1.04. The fourth-order valence-electron chi connectivity index (χ4n) is 8.94. The van der Waals surface area contributed by atoms with Crippen LogP contribution in [-0.4, -0.2) is 51.8 Å². The van der Waals surface area contributed by atoms with Gasteiger partial charge in [-0.15, -0.1) is 12.6 Å². The van der Waals surface area contributed by atoms with E-state index in [4.69, 9.17) is 17.6 Å². The van der Waals surface area contributed by atoms with Crippen molar-refractivity contribution in [2.24, 2.45) is 35.5 Å². The Morgan fingerprint density at radius 3 is 2.34 bits per heavy atom. The van der Waals surface area contributed by atoms with Crippen molar-refractivity contribution in [2.75, 3.05) is 18.0 Å².